The molecule has 0 N–H and O–H groups in total. The van der Waals surface area contributed by atoms with Crippen LogP contribution in [0.15, 0.2) is 23.8 Å². The molecule has 1 unspecified atom stereocenters. The predicted molar refractivity (Wildman–Crippen MR) is 82.6 cm³/mol. The van der Waals surface area contributed by atoms with E-state index in [1.54, 1.807) is 17.5 Å². The number of halogens is 2. The Labute approximate surface area is 130 Å². The molecule has 0 fully saturated rings. The standard InChI is InChI=1S/C13H12Cl2N4S/c1-8(13-16-2-3-20-13)7-19-11(5-14)18-10-4-9(15)6-17-12(10)19/h2-4,6,8H,5,7H2,1H3. The number of hydrogen-bond donors (Lipinski definition) is 0. The minimum atomic E-state index is 0.284. The third-order valence-corrected chi connectivity index (χ3v) is 4.53. The number of pyridine rings is 1. The molecule has 0 spiro atoms. The van der Waals surface area contributed by atoms with Gasteiger partial charge in [0.2, 0.25) is 0 Å². The second kappa shape index (κ2) is 5.68. The van der Waals surface area contributed by atoms with Crippen molar-refractivity contribution in [3.05, 3.63) is 39.7 Å². The van der Waals surface area contributed by atoms with Gasteiger partial charge in [-0.1, -0.05) is 18.5 Å². The second-order valence-electron chi connectivity index (χ2n) is 4.54. The van der Waals surface area contributed by atoms with Gasteiger partial charge >= 0.3 is 0 Å². The maximum Gasteiger partial charge on any atom is 0.160 e. The van der Waals surface area contributed by atoms with Crippen molar-refractivity contribution in [1.29, 1.82) is 0 Å². The Balaban J connectivity index is 2.01. The Morgan fingerprint density at radius 1 is 1.40 bits per heavy atom. The molecule has 4 nitrogen and oxygen atoms in total. The zero-order valence-corrected chi connectivity index (χ0v) is 13.1. The normalized spacial score (nSPS) is 12.9. The van der Waals surface area contributed by atoms with Gasteiger partial charge in [0.25, 0.3) is 0 Å². The van der Waals surface area contributed by atoms with E-state index in [1.165, 1.54) is 0 Å². The number of thiazole rings is 1. The molecule has 3 heterocycles. The van der Waals surface area contributed by atoms with Gasteiger partial charge in [0.15, 0.2) is 5.65 Å². The van der Waals surface area contributed by atoms with E-state index in [0.717, 1.165) is 28.5 Å². The van der Waals surface area contributed by atoms with Crippen LogP contribution in [0.3, 0.4) is 0 Å². The minimum absolute atomic E-state index is 0.284. The molecular formula is C13H12Cl2N4S. The van der Waals surface area contributed by atoms with Crippen molar-refractivity contribution in [2.75, 3.05) is 0 Å². The molecule has 0 aromatic carbocycles. The van der Waals surface area contributed by atoms with Gasteiger partial charge < -0.3 is 4.57 Å². The molecule has 3 rings (SSSR count). The summed E-state index contributed by atoms with van der Waals surface area (Å²) >= 11 is 13.6. The molecule has 1 atom stereocenters. The van der Waals surface area contributed by atoms with Crippen LogP contribution in [0.25, 0.3) is 11.2 Å². The monoisotopic (exact) mass is 326 g/mol. The van der Waals surface area contributed by atoms with Gasteiger partial charge in [0.05, 0.1) is 15.9 Å². The molecule has 0 radical (unpaired) electrons. The summed E-state index contributed by atoms with van der Waals surface area (Å²) in [5.41, 5.74) is 1.59. The number of nitrogens with zero attached hydrogens (tertiary/aromatic N) is 4. The number of aromatic nitrogens is 4. The average Bonchev–Trinajstić information content (AvgIpc) is 3.06. The molecule has 0 amide bonds. The molecule has 0 aliphatic heterocycles. The van der Waals surface area contributed by atoms with Crippen LogP contribution >= 0.6 is 34.5 Å². The van der Waals surface area contributed by atoms with Gasteiger partial charge in [0, 0.05) is 30.2 Å². The van der Waals surface area contributed by atoms with Gasteiger partial charge in [-0.2, -0.15) is 0 Å². The molecular weight excluding hydrogens is 315 g/mol. The van der Waals surface area contributed by atoms with Crippen LogP contribution in [0.1, 0.15) is 23.7 Å². The van der Waals surface area contributed by atoms with Gasteiger partial charge in [-0.05, 0) is 6.07 Å². The maximum absolute atomic E-state index is 5.99. The van der Waals surface area contributed by atoms with E-state index in [1.807, 2.05) is 22.2 Å². The van der Waals surface area contributed by atoms with E-state index in [-0.39, 0.29) is 5.92 Å². The van der Waals surface area contributed by atoms with Crippen LogP contribution in [-0.4, -0.2) is 19.5 Å². The minimum Gasteiger partial charge on any atom is -0.311 e. The van der Waals surface area contributed by atoms with Crippen molar-refractivity contribution in [2.24, 2.45) is 0 Å². The Morgan fingerprint density at radius 3 is 2.95 bits per heavy atom. The zero-order chi connectivity index (χ0) is 14.1. The number of alkyl halides is 1. The summed E-state index contributed by atoms with van der Waals surface area (Å²) in [7, 11) is 0. The first-order valence-corrected chi connectivity index (χ1v) is 7.94. The van der Waals surface area contributed by atoms with E-state index in [2.05, 4.69) is 21.9 Å². The van der Waals surface area contributed by atoms with E-state index in [4.69, 9.17) is 23.2 Å². The lowest BCUT2D eigenvalue weighted by Crippen LogP contribution is -2.09. The van der Waals surface area contributed by atoms with Crippen LogP contribution in [0, 0.1) is 0 Å². The van der Waals surface area contributed by atoms with Crippen LogP contribution in [-0.2, 0) is 12.4 Å². The largest absolute Gasteiger partial charge is 0.311 e. The number of imidazole rings is 1. The van der Waals surface area contributed by atoms with E-state index >= 15 is 0 Å². The highest BCUT2D eigenvalue weighted by atomic mass is 35.5. The topological polar surface area (TPSA) is 43.6 Å². The highest BCUT2D eigenvalue weighted by Crippen LogP contribution is 2.24. The lowest BCUT2D eigenvalue weighted by Gasteiger charge is -2.12. The lowest BCUT2D eigenvalue weighted by atomic mass is 10.2. The third-order valence-electron chi connectivity index (χ3n) is 3.08. The Morgan fingerprint density at radius 2 is 2.25 bits per heavy atom. The lowest BCUT2D eigenvalue weighted by molar-refractivity contribution is 0.589. The quantitative estimate of drug-likeness (QED) is 0.678. The smallest absolute Gasteiger partial charge is 0.160 e. The molecule has 0 aliphatic rings. The highest BCUT2D eigenvalue weighted by Gasteiger charge is 2.16. The number of hydrogen-bond acceptors (Lipinski definition) is 4. The van der Waals surface area contributed by atoms with Crippen molar-refractivity contribution in [3.8, 4) is 0 Å². The van der Waals surface area contributed by atoms with Crippen LogP contribution in [0.5, 0.6) is 0 Å². The Bertz CT molecular complexity index is 723. The summed E-state index contributed by atoms with van der Waals surface area (Å²) in [6.45, 7) is 2.89. The van der Waals surface area contributed by atoms with Crippen LogP contribution in [0.4, 0.5) is 0 Å². The molecule has 0 bridgehead atoms. The molecule has 7 heteroatoms. The van der Waals surface area contributed by atoms with E-state index in [9.17, 15) is 0 Å². The highest BCUT2D eigenvalue weighted by molar-refractivity contribution is 7.09. The molecule has 3 aromatic heterocycles. The summed E-state index contributed by atoms with van der Waals surface area (Å²) in [4.78, 5) is 13.2. The fraction of sp³-hybridized carbons (Fsp3) is 0.308. The fourth-order valence-corrected chi connectivity index (χ4v) is 3.20. The van der Waals surface area contributed by atoms with Gasteiger partial charge in [-0.3, -0.25) is 0 Å². The van der Waals surface area contributed by atoms with Crippen molar-refractivity contribution in [3.63, 3.8) is 0 Å². The Hall–Kier alpha value is -1.17. The maximum atomic E-state index is 5.99. The van der Waals surface area contributed by atoms with E-state index < -0.39 is 0 Å². The van der Waals surface area contributed by atoms with Crippen molar-refractivity contribution < 1.29 is 0 Å². The molecule has 0 saturated carbocycles. The summed E-state index contributed by atoms with van der Waals surface area (Å²) in [6, 6.07) is 1.81. The third kappa shape index (κ3) is 2.53. The Kier molecular flexibility index (Phi) is 3.92. The summed E-state index contributed by atoms with van der Waals surface area (Å²) in [5, 5.41) is 3.66. The van der Waals surface area contributed by atoms with Crippen LogP contribution in [0.2, 0.25) is 5.02 Å². The summed E-state index contributed by atoms with van der Waals surface area (Å²) in [6.07, 6.45) is 3.46. The van der Waals surface area contributed by atoms with Crippen molar-refractivity contribution in [2.45, 2.75) is 25.3 Å². The molecule has 0 saturated heterocycles. The van der Waals surface area contributed by atoms with Gasteiger partial charge in [-0.15, -0.1) is 22.9 Å². The van der Waals surface area contributed by atoms with Crippen molar-refractivity contribution in [1.82, 2.24) is 19.5 Å². The SMILES string of the molecule is CC(Cn1c(CCl)nc2cc(Cl)cnc21)c1nccs1. The molecule has 104 valence electrons. The first-order chi connectivity index (χ1) is 9.69. The molecule has 3 aromatic rings. The van der Waals surface area contributed by atoms with E-state index in [0.29, 0.717) is 10.9 Å². The number of fused-ring (bicyclic) bond motifs is 1. The van der Waals surface area contributed by atoms with Crippen LogP contribution < -0.4 is 0 Å². The van der Waals surface area contributed by atoms with Gasteiger partial charge in [-0.25, -0.2) is 15.0 Å². The summed E-state index contributed by atoms with van der Waals surface area (Å²) in [5.74, 6) is 1.44. The molecule has 20 heavy (non-hydrogen) atoms. The fourth-order valence-electron chi connectivity index (χ4n) is 2.16. The first kappa shape index (κ1) is 13.8. The van der Waals surface area contributed by atoms with Crippen molar-refractivity contribution >= 4 is 45.7 Å². The van der Waals surface area contributed by atoms with Gasteiger partial charge in [0.1, 0.15) is 11.3 Å². The molecule has 0 aliphatic carbocycles. The first-order valence-electron chi connectivity index (χ1n) is 6.15. The average molecular weight is 327 g/mol. The second-order valence-corrected chi connectivity index (χ2v) is 6.17. The summed E-state index contributed by atoms with van der Waals surface area (Å²) < 4.78 is 2.05. The predicted octanol–water partition coefficient (Wildman–Crippen LogP) is 4.08. The zero-order valence-electron chi connectivity index (χ0n) is 10.8. The number of rotatable bonds is 4.